The third-order valence-corrected chi connectivity index (χ3v) is 5.89. The van der Waals surface area contributed by atoms with Gasteiger partial charge in [0, 0.05) is 25.3 Å². The minimum atomic E-state index is -0.957. The molecule has 1 unspecified atom stereocenters. The summed E-state index contributed by atoms with van der Waals surface area (Å²) in [6.07, 6.45) is -0.0640. The smallest absolute Gasteiger partial charge is 0.430 e. The third-order valence-electron chi connectivity index (χ3n) is 4.83. The van der Waals surface area contributed by atoms with Crippen LogP contribution in [0.25, 0.3) is 0 Å². The van der Waals surface area contributed by atoms with Gasteiger partial charge in [-0.25, -0.2) is 9.48 Å². The number of carbonyl (C=O) groups is 3. The number of hydrogen-bond donors (Lipinski definition) is 0. The van der Waals surface area contributed by atoms with Gasteiger partial charge in [-0.1, -0.05) is 24.4 Å². The van der Waals surface area contributed by atoms with Gasteiger partial charge in [-0.2, -0.15) is 0 Å². The lowest BCUT2D eigenvalue weighted by molar-refractivity contribution is -0.194. The maximum absolute atomic E-state index is 12.8. The van der Waals surface area contributed by atoms with Crippen LogP contribution in [0, 0.1) is 0 Å². The molecule has 2 fully saturated rings. The quantitative estimate of drug-likeness (QED) is 0.260. The lowest BCUT2D eigenvalue weighted by atomic mass is 9.89. The van der Waals surface area contributed by atoms with Crippen molar-refractivity contribution < 1.29 is 28.6 Å². The second-order valence-corrected chi connectivity index (χ2v) is 7.45. The number of aromatic nitrogens is 4. The van der Waals surface area contributed by atoms with E-state index in [0.717, 1.165) is 0 Å². The van der Waals surface area contributed by atoms with Crippen molar-refractivity contribution >= 4 is 29.7 Å². The Morgan fingerprint density at radius 2 is 2.24 bits per heavy atom. The average Bonchev–Trinajstić information content (AvgIpc) is 3.22. The predicted molar refractivity (Wildman–Crippen MR) is 95.9 cm³/mol. The molecule has 29 heavy (non-hydrogen) atoms. The van der Waals surface area contributed by atoms with E-state index < -0.39 is 24.3 Å². The monoisotopic (exact) mass is 422 g/mol. The molecule has 1 aromatic heterocycles. The van der Waals surface area contributed by atoms with Crippen LogP contribution in [-0.2, 0) is 30.8 Å². The van der Waals surface area contributed by atoms with Gasteiger partial charge in [0.2, 0.25) is 16.9 Å². The molecular weight excluding hydrogens is 404 g/mol. The summed E-state index contributed by atoms with van der Waals surface area (Å²) >= 11 is 1.31. The Morgan fingerprint density at radius 3 is 2.90 bits per heavy atom. The van der Waals surface area contributed by atoms with Crippen LogP contribution in [0.2, 0.25) is 0 Å². The summed E-state index contributed by atoms with van der Waals surface area (Å²) in [5, 5.41) is 11.8. The number of nitrogens with zero attached hydrogens (tertiary/aromatic N) is 6. The van der Waals surface area contributed by atoms with Crippen molar-refractivity contribution in [3.05, 3.63) is 24.1 Å². The molecule has 0 radical (unpaired) electrons. The second kappa shape index (κ2) is 7.48. The Morgan fingerprint density at radius 1 is 1.45 bits per heavy atom. The zero-order chi connectivity index (χ0) is 20.7. The minimum absolute atomic E-state index is 0.0192. The Hall–Kier alpha value is -2.93. The van der Waals surface area contributed by atoms with E-state index in [9.17, 15) is 14.4 Å². The van der Waals surface area contributed by atoms with E-state index in [1.807, 2.05) is 0 Å². The number of hydrogen-bond acceptors (Lipinski definition) is 10. The number of rotatable bonds is 6. The van der Waals surface area contributed by atoms with E-state index in [4.69, 9.17) is 14.2 Å². The van der Waals surface area contributed by atoms with Crippen LogP contribution in [0.3, 0.4) is 0 Å². The molecular formula is C16H18N6O6S. The Bertz CT molecular complexity index is 915. The number of tetrazole rings is 1. The van der Waals surface area contributed by atoms with Crippen LogP contribution < -0.4 is 0 Å². The highest BCUT2D eigenvalue weighted by Gasteiger charge is 2.65. The van der Waals surface area contributed by atoms with Gasteiger partial charge in [0.15, 0.2) is 0 Å². The standard InChI is InChI=1S/C16H18N6O6S/c1-4-5-26-16(25)28-14-9(6-29-15-17-18-19-20(15)3)12-10-11(13(24)22(10)14)21(7-27-12)8(2)23/h4,10-12H,1,5-7H2,2-3H3/t10-,11-,12?/m0/s1. The molecule has 0 spiro atoms. The topological polar surface area (TPSA) is 129 Å². The molecule has 2 saturated heterocycles. The highest BCUT2D eigenvalue weighted by Crippen LogP contribution is 2.46. The van der Waals surface area contributed by atoms with Crippen LogP contribution in [0.4, 0.5) is 4.79 Å². The van der Waals surface area contributed by atoms with Crippen molar-refractivity contribution in [2.45, 2.75) is 30.3 Å². The van der Waals surface area contributed by atoms with E-state index in [-0.39, 0.29) is 31.0 Å². The van der Waals surface area contributed by atoms with Crippen molar-refractivity contribution in [3.63, 3.8) is 0 Å². The molecule has 13 heteroatoms. The number of aryl methyl sites for hydroxylation is 1. The van der Waals surface area contributed by atoms with Crippen LogP contribution in [-0.4, -0.2) is 85.3 Å². The van der Waals surface area contributed by atoms with Gasteiger partial charge < -0.3 is 19.1 Å². The fourth-order valence-corrected chi connectivity index (χ4v) is 4.43. The lowest BCUT2D eigenvalue weighted by Gasteiger charge is -2.52. The molecule has 0 aliphatic carbocycles. The Balaban J connectivity index is 1.61. The van der Waals surface area contributed by atoms with E-state index >= 15 is 0 Å². The molecule has 0 N–H and O–H groups in total. The largest absolute Gasteiger partial charge is 0.515 e. The fraction of sp³-hybridized carbons (Fsp3) is 0.500. The van der Waals surface area contributed by atoms with Gasteiger partial charge in [-0.05, 0) is 10.4 Å². The van der Waals surface area contributed by atoms with Gasteiger partial charge >= 0.3 is 6.16 Å². The summed E-state index contributed by atoms with van der Waals surface area (Å²) in [5.41, 5.74) is 0.595. The SMILES string of the molecule is C=CCOC(=O)OC1=C(CSc2nnnn2C)C2OCN(C(C)=O)[C@@H]3C(=O)N1[C@H]23. The molecule has 154 valence electrons. The van der Waals surface area contributed by atoms with Gasteiger partial charge in [-0.15, -0.1) is 5.10 Å². The molecule has 0 saturated carbocycles. The fourth-order valence-electron chi connectivity index (χ4n) is 3.54. The molecule has 12 nitrogen and oxygen atoms in total. The first-order valence-corrected chi connectivity index (χ1v) is 9.68. The molecule has 4 rings (SSSR count). The van der Waals surface area contributed by atoms with E-state index in [1.54, 1.807) is 7.05 Å². The van der Waals surface area contributed by atoms with E-state index in [0.29, 0.717) is 16.5 Å². The van der Waals surface area contributed by atoms with Crippen molar-refractivity contribution in [2.75, 3.05) is 19.1 Å². The van der Waals surface area contributed by atoms with Gasteiger partial charge in [-0.3, -0.25) is 14.5 Å². The molecule has 3 aliphatic rings. The van der Waals surface area contributed by atoms with E-state index in [1.165, 1.54) is 39.2 Å². The number of amides is 2. The molecule has 4 heterocycles. The molecule has 1 aromatic rings. The molecule has 3 atom stereocenters. The van der Waals surface area contributed by atoms with Gasteiger partial charge in [0.1, 0.15) is 25.5 Å². The summed E-state index contributed by atoms with van der Waals surface area (Å²) in [6, 6.07) is -1.09. The Labute approximate surface area is 169 Å². The molecule has 2 amide bonds. The number of β-lactam (4-membered cyclic amide) rings is 1. The minimum Gasteiger partial charge on any atom is -0.430 e. The third kappa shape index (κ3) is 3.15. The summed E-state index contributed by atoms with van der Waals surface area (Å²) in [5.74, 6) is -0.202. The predicted octanol–water partition coefficient (Wildman–Crippen LogP) is -0.349. The molecule has 3 aliphatic heterocycles. The van der Waals surface area contributed by atoms with Crippen LogP contribution in [0.5, 0.6) is 0 Å². The lowest BCUT2D eigenvalue weighted by Crippen LogP contribution is -2.75. The zero-order valence-electron chi connectivity index (χ0n) is 15.7. The maximum atomic E-state index is 12.8. The van der Waals surface area contributed by atoms with Crippen molar-refractivity contribution in [1.82, 2.24) is 30.0 Å². The van der Waals surface area contributed by atoms with Crippen molar-refractivity contribution in [3.8, 4) is 0 Å². The highest BCUT2D eigenvalue weighted by atomic mass is 32.2. The van der Waals surface area contributed by atoms with Crippen LogP contribution >= 0.6 is 11.8 Å². The number of ether oxygens (including phenoxy) is 3. The molecule has 0 aromatic carbocycles. The van der Waals surface area contributed by atoms with Crippen LogP contribution in [0.15, 0.2) is 29.3 Å². The first-order chi connectivity index (χ1) is 13.9. The summed E-state index contributed by atoms with van der Waals surface area (Å²) in [7, 11) is 1.70. The number of carbonyl (C=O) groups excluding carboxylic acids is 3. The average molecular weight is 422 g/mol. The zero-order valence-corrected chi connectivity index (χ0v) is 16.5. The summed E-state index contributed by atoms with van der Waals surface area (Å²) in [6.45, 7) is 4.80. The summed E-state index contributed by atoms with van der Waals surface area (Å²) in [4.78, 5) is 39.4. The maximum Gasteiger partial charge on any atom is 0.515 e. The highest BCUT2D eigenvalue weighted by molar-refractivity contribution is 7.99. The van der Waals surface area contributed by atoms with Gasteiger partial charge in [0.25, 0.3) is 5.91 Å². The summed E-state index contributed by atoms with van der Waals surface area (Å²) < 4.78 is 17.6. The van der Waals surface area contributed by atoms with Crippen molar-refractivity contribution in [2.24, 2.45) is 7.05 Å². The second-order valence-electron chi connectivity index (χ2n) is 6.50. The normalized spacial score (nSPS) is 24.9. The molecule has 0 bridgehead atoms. The first-order valence-electron chi connectivity index (χ1n) is 8.69. The number of thioether (sulfide) groups is 1. The van der Waals surface area contributed by atoms with Crippen molar-refractivity contribution in [1.29, 1.82) is 0 Å². The first kappa shape index (κ1) is 19.4. The Kier molecular flexibility index (Phi) is 5.00. The van der Waals surface area contributed by atoms with E-state index in [2.05, 4.69) is 22.1 Å². The van der Waals surface area contributed by atoms with Crippen LogP contribution in [0.1, 0.15) is 6.92 Å². The van der Waals surface area contributed by atoms with Gasteiger partial charge in [0.05, 0.1) is 6.04 Å².